The van der Waals surface area contributed by atoms with Crippen LogP contribution in [0.25, 0.3) is 0 Å². The molecule has 1 N–H and O–H groups in total. The second-order valence-corrected chi connectivity index (χ2v) is 4.79. The molecule has 0 aromatic carbocycles. The Bertz CT molecular complexity index is 438. The molecule has 2 aliphatic heterocycles. The maximum atomic E-state index is 13.4. The fourth-order valence-corrected chi connectivity index (χ4v) is 2.39. The van der Waals surface area contributed by atoms with Crippen LogP contribution in [0.5, 0.6) is 0 Å². The number of anilines is 1. The van der Waals surface area contributed by atoms with E-state index in [9.17, 15) is 4.39 Å². The van der Waals surface area contributed by atoms with Crippen LogP contribution < -0.4 is 5.32 Å². The third-order valence-corrected chi connectivity index (χ3v) is 3.42. The van der Waals surface area contributed by atoms with Crippen molar-refractivity contribution in [2.45, 2.75) is 24.7 Å². The molecule has 3 heterocycles. The van der Waals surface area contributed by atoms with E-state index in [-0.39, 0.29) is 17.7 Å². The van der Waals surface area contributed by atoms with Crippen molar-refractivity contribution >= 4 is 5.82 Å². The number of pyridine rings is 1. The highest BCUT2D eigenvalue weighted by molar-refractivity contribution is 5.35. The van der Waals surface area contributed by atoms with E-state index in [1.54, 1.807) is 12.3 Å². The smallest absolute Gasteiger partial charge is 0.173 e. The van der Waals surface area contributed by atoms with Gasteiger partial charge in [0, 0.05) is 25.6 Å². The van der Waals surface area contributed by atoms with Crippen LogP contribution in [-0.2, 0) is 14.2 Å². The summed E-state index contributed by atoms with van der Waals surface area (Å²) in [6, 6.07) is 2.94. The average molecular weight is 268 g/mol. The molecule has 0 amide bonds. The zero-order valence-electron chi connectivity index (χ0n) is 10.6. The van der Waals surface area contributed by atoms with Crippen molar-refractivity contribution in [3.63, 3.8) is 0 Å². The molecule has 1 atom stereocenters. The van der Waals surface area contributed by atoms with Gasteiger partial charge in [0.1, 0.15) is 6.10 Å². The van der Waals surface area contributed by atoms with Crippen molar-refractivity contribution in [2.24, 2.45) is 0 Å². The van der Waals surface area contributed by atoms with Crippen LogP contribution in [0.2, 0.25) is 0 Å². The van der Waals surface area contributed by atoms with Crippen molar-refractivity contribution in [3.8, 4) is 0 Å². The van der Waals surface area contributed by atoms with Gasteiger partial charge in [0.25, 0.3) is 0 Å². The Kier molecular flexibility index (Phi) is 3.63. The number of hydrogen-bond acceptors (Lipinski definition) is 5. The summed E-state index contributed by atoms with van der Waals surface area (Å²) in [5.41, 5.74) is 0. The number of nitrogens with one attached hydrogen (secondary N) is 1. The van der Waals surface area contributed by atoms with E-state index in [2.05, 4.69) is 10.3 Å². The predicted octanol–water partition coefficient (Wildman–Crippen LogP) is 1.55. The molecule has 6 heteroatoms. The molecule has 0 bridgehead atoms. The lowest BCUT2D eigenvalue weighted by Crippen LogP contribution is -2.38. The summed E-state index contributed by atoms with van der Waals surface area (Å²) < 4.78 is 30.4. The van der Waals surface area contributed by atoms with Gasteiger partial charge in [0.2, 0.25) is 0 Å². The summed E-state index contributed by atoms with van der Waals surface area (Å²) in [5.74, 6) is -0.603. The SMILES string of the molecule is Fc1cccnc1NC[C@H]1COC2(CCOCC2)O1. The topological polar surface area (TPSA) is 52.6 Å². The van der Waals surface area contributed by atoms with Crippen LogP contribution in [0.3, 0.4) is 0 Å². The molecule has 2 aliphatic rings. The van der Waals surface area contributed by atoms with Gasteiger partial charge in [-0.3, -0.25) is 0 Å². The number of nitrogens with zero attached hydrogens (tertiary/aromatic N) is 1. The van der Waals surface area contributed by atoms with E-state index < -0.39 is 5.79 Å². The molecule has 5 nitrogen and oxygen atoms in total. The number of hydrogen-bond donors (Lipinski definition) is 1. The lowest BCUT2D eigenvalue weighted by Gasteiger charge is -2.31. The first-order chi connectivity index (χ1) is 9.27. The van der Waals surface area contributed by atoms with Crippen molar-refractivity contribution in [1.29, 1.82) is 0 Å². The molecule has 0 aliphatic carbocycles. The number of rotatable bonds is 3. The molecule has 1 aromatic rings. The molecular weight excluding hydrogens is 251 g/mol. The summed E-state index contributed by atoms with van der Waals surface area (Å²) in [5, 5.41) is 2.95. The number of aromatic nitrogens is 1. The monoisotopic (exact) mass is 268 g/mol. The standard InChI is InChI=1S/C13H17FN2O3/c14-11-2-1-5-15-12(11)16-8-10-9-18-13(19-10)3-6-17-7-4-13/h1-2,5,10H,3-4,6-9H2,(H,15,16)/t10-/m0/s1. The van der Waals surface area contributed by atoms with E-state index in [4.69, 9.17) is 14.2 Å². The Morgan fingerprint density at radius 3 is 3.05 bits per heavy atom. The Morgan fingerprint density at radius 1 is 1.42 bits per heavy atom. The van der Waals surface area contributed by atoms with Crippen LogP contribution in [0, 0.1) is 5.82 Å². The first-order valence-corrected chi connectivity index (χ1v) is 6.51. The quantitative estimate of drug-likeness (QED) is 0.901. The molecule has 3 rings (SSSR count). The zero-order chi connectivity index (χ0) is 13.1. The molecule has 19 heavy (non-hydrogen) atoms. The van der Waals surface area contributed by atoms with Gasteiger partial charge in [0.15, 0.2) is 17.4 Å². The molecule has 104 valence electrons. The summed E-state index contributed by atoms with van der Waals surface area (Å²) in [6.45, 7) is 2.32. The normalized spacial score (nSPS) is 25.6. The second kappa shape index (κ2) is 5.40. The van der Waals surface area contributed by atoms with Crippen molar-refractivity contribution in [2.75, 3.05) is 31.7 Å². The van der Waals surface area contributed by atoms with Gasteiger partial charge in [-0.1, -0.05) is 0 Å². The van der Waals surface area contributed by atoms with Crippen molar-refractivity contribution in [3.05, 3.63) is 24.1 Å². The highest BCUT2D eigenvalue weighted by Gasteiger charge is 2.42. The summed E-state index contributed by atoms with van der Waals surface area (Å²) in [4.78, 5) is 3.94. The van der Waals surface area contributed by atoms with Gasteiger partial charge in [-0.2, -0.15) is 0 Å². The fraction of sp³-hybridized carbons (Fsp3) is 0.615. The molecule has 0 radical (unpaired) electrons. The van der Waals surface area contributed by atoms with E-state index in [0.717, 1.165) is 12.8 Å². The third kappa shape index (κ3) is 2.86. The summed E-state index contributed by atoms with van der Waals surface area (Å²) >= 11 is 0. The van der Waals surface area contributed by atoms with Crippen molar-refractivity contribution in [1.82, 2.24) is 4.98 Å². The van der Waals surface area contributed by atoms with Crippen LogP contribution in [0.15, 0.2) is 18.3 Å². The van der Waals surface area contributed by atoms with Gasteiger partial charge >= 0.3 is 0 Å². The zero-order valence-corrected chi connectivity index (χ0v) is 10.6. The average Bonchev–Trinajstić information content (AvgIpc) is 2.82. The van der Waals surface area contributed by atoms with Gasteiger partial charge in [0.05, 0.1) is 19.8 Å². The molecular formula is C13H17FN2O3. The molecule has 1 spiro atoms. The van der Waals surface area contributed by atoms with E-state index >= 15 is 0 Å². The van der Waals surface area contributed by atoms with Gasteiger partial charge in [-0.05, 0) is 12.1 Å². The Balaban J connectivity index is 1.53. The molecule has 0 saturated carbocycles. The number of halogens is 1. The lowest BCUT2D eigenvalue weighted by atomic mass is 10.1. The number of ether oxygens (including phenoxy) is 3. The Morgan fingerprint density at radius 2 is 2.26 bits per heavy atom. The first kappa shape index (κ1) is 12.8. The van der Waals surface area contributed by atoms with E-state index in [1.165, 1.54) is 6.07 Å². The Labute approximate surface area is 111 Å². The van der Waals surface area contributed by atoms with E-state index in [1.807, 2.05) is 0 Å². The minimum absolute atomic E-state index is 0.0838. The lowest BCUT2D eigenvalue weighted by molar-refractivity contribution is -0.209. The molecule has 1 aromatic heterocycles. The molecule has 2 saturated heterocycles. The third-order valence-electron chi connectivity index (χ3n) is 3.42. The van der Waals surface area contributed by atoms with Crippen molar-refractivity contribution < 1.29 is 18.6 Å². The predicted molar refractivity (Wildman–Crippen MR) is 66.3 cm³/mol. The van der Waals surface area contributed by atoms with Crippen LogP contribution in [0.4, 0.5) is 10.2 Å². The Hall–Kier alpha value is -1.24. The highest BCUT2D eigenvalue weighted by atomic mass is 19.1. The summed E-state index contributed by atoms with van der Waals surface area (Å²) in [7, 11) is 0. The largest absolute Gasteiger partial charge is 0.381 e. The summed E-state index contributed by atoms with van der Waals surface area (Å²) in [6.07, 6.45) is 2.97. The minimum atomic E-state index is -0.493. The van der Waals surface area contributed by atoms with Gasteiger partial charge in [-0.15, -0.1) is 0 Å². The highest BCUT2D eigenvalue weighted by Crippen LogP contribution is 2.33. The maximum Gasteiger partial charge on any atom is 0.173 e. The molecule has 2 fully saturated rings. The fourth-order valence-electron chi connectivity index (χ4n) is 2.39. The van der Waals surface area contributed by atoms with Crippen LogP contribution >= 0.6 is 0 Å². The van der Waals surface area contributed by atoms with Crippen LogP contribution in [-0.4, -0.2) is 43.2 Å². The second-order valence-electron chi connectivity index (χ2n) is 4.79. The van der Waals surface area contributed by atoms with Crippen LogP contribution in [0.1, 0.15) is 12.8 Å². The van der Waals surface area contributed by atoms with E-state index in [0.29, 0.717) is 26.4 Å². The van der Waals surface area contributed by atoms with Gasteiger partial charge in [-0.25, -0.2) is 9.37 Å². The minimum Gasteiger partial charge on any atom is -0.381 e. The van der Waals surface area contributed by atoms with Gasteiger partial charge < -0.3 is 19.5 Å². The first-order valence-electron chi connectivity index (χ1n) is 6.51. The molecule has 0 unspecified atom stereocenters. The maximum absolute atomic E-state index is 13.4.